The van der Waals surface area contributed by atoms with Crippen molar-refractivity contribution in [2.45, 2.75) is 25.5 Å². The molecule has 0 spiro atoms. The Labute approximate surface area is 174 Å². The van der Waals surface area contributed by atoms with Gasteiger partial charge in [-0.1, -0.05) is 24.3 Å². The van der Waals surface area contributed by atoms with Crippen LogP contribution < -0.4 is 4.74 Å². The summed E-state index contributed by atoms with van der Waals surface area (Å²) in [6.45, 7) is 12.4. The summed E-state index contributed by atoms with van der Waals surface area (Å²) in [5.41, 5.74) is 1.19. The van der Waals surface area contributed by atoms with Crippen molar-refractivity contribution in [3.63, 3.8) is 0 Å². The number of β-amino-alcohol motifs (C(OH)–C–C–N with tert-alkyl or cyclic N) is 1. The highest BCUT2D eigenvalue weighted by Gasteiger charge is 2.26. The standard InChI is InChI=1S/C23H34N2O4/c1-4-12-24(13-5-2)16-19-6-8-22(9-7-19)29-18-21(26)17-25-14-10-20(11-15-25)23(27)28-3/h4-9,20-21,26H,1-2,10-18H2,3H3. The van der Waals surface area contributed by atoms with Crippen LogP contribution in [0.1, 0.15) is 18.4 Å². The average Bonchev–Trinajstić information content (AvgIpc) is 2.73. The molecule has 2 rings (SSSR count). The molecule has 0 radical (unpaired) electrons. The van der Waals surface area contributed by atoms with E-state index in [9.17, 15) is 9.90 Å². The first kappa shape index (κ1) is 23.1. The monoisotopic (exact) mass is 402 g/mol. The highest BCUT2D eigenvalue weighted by Crippen LogP contribution is 2.19. The van der Waals surface area contributed by atoms with E-state index in [-0.39, 0.29) is 18.5 Å². The smallest absolute Gasteiger partial charge is 0.308 e. The molecule has 0 aromatic heterocycles. The van der Waals surface area contributed by atoms with E-state index in [1.807, 2.05) is 36.4 Å². The van der Waals surface area contributed by atoms with Crippen LogP contribution in [0.4, 0.5) is 0 Å². The molecule has 1 heterocycles. The van der Waals surface area contributed by atoms with Crippen LogP contribution in [0.3, 0.4) is 0 Å². The topological polar surface area (TPSA) is 62.2 Å². The lowest BCUT2D eigenvalue weighted by molar-refractivity contribution is -0.147. The molecule has 0 aliphatic carbocycles. The fraction of sp³-hybridized carbons (Fsp3) is 0.522. The van der Waals surface area contributed by atoms with Gasteiger partial charge in [-0.3, -0.25) is 9.69 Å². The first-order valence-corrected chi connectivity index (χ1v) is 10.2. The van der Waals surface area contributed by atoms with Gasteiger partial charge >= 0.3 is 5.97 Å². The zero-order valence-corrected chi connectivity index (χ0v) is 17.5. The van der Waals surface area contributed by atoms with Crippen molar-refractivity contribution in [2.24, 2.45) is 5.92 Å². The number of ether oxygens (including phenoxy) is 2. The maximum atomic E-state index is 11.6. The number of methoxy groups -OCH3 is 1. The third-order valence-electron chi connectivity index (χ3n) is 5.14. The number of aliphatic hydroxyl groups is 1. The Kier molecular flexibility index (Phi) is 9.91. The van der Waals surface area contributed by atoms with Gasteiger partial charge in [-0.15, -0.1) is 13.2 Å². The fourth-order valence-electron chi connectivity index (χ4n) is 3.58. The second-order valence-electron chi connectivity index (χ2n) is 7.48. The lowest BCUT2D eigenvalue weighted by Crippen LogP contribution is -2.42. The highest BCUT2D eigenvalue weighted by molar-refractivity contribution is 5.72. The van der Waals surface area contributed by atoms with Gasteiger partial charge in [-0.05, 0) is 43.6 Å². The SMILES string of the molecule is C=CCN(CC=C)Cc1ccc(OCC(O)CN2CCC(C(=O)OC)CC2)cc1. The van der Waals surface area contributed by atoms with Gasteiger partial charge in [0.15, 0.2) is 0 Å². The van der Waals surface area contributed by atoms with Crippen molar-refractivity contribution < 1.29 is 19.4 Å². The molecule has 1 aromatic rings. The number of benzene rings is 1. The minimum atomic E-state index is -0.569. The van der Waals surface area contributed by atoms with E-state index < -0.39 is 6.10 Å². The second kappa shape index (κ2) is 12.4. The van der Waals surface area contributed by atoms with Crippen LogP contribution in [0, 0.1) is 5.92 Å². The zero-order valence-electron chi connectivity index (χ0n) is 17.5. The number of hydrogen-bond acceptors (Lipinski definition) is 6. The maximum absolute atomic E-state index is 11.6. The molecule has 1 unspecified atom stereocenters. The summed E-state index contributed by atoms with van der Waals surface area (Å²) in [5.74, 6) is 0.599. The molecular formula is C23H34N2O4. The molecule has 0 saturated carbocycles. The van der Waals surface area contributed by atoms with E-state index in [4.69, 9.17) is 9.47 Å². The van der Waals surface area contributed by atoms with Gasteiger partial charge < -0.3 is 19.5 Å². The lowest BCUT2D eigenvalue weighted by atomic mass is 9.97. The molecule has 6 nitrogen and oxygen atoms in total. The maximum Gasteiger partial charge on any atom is 0.308 e. The van der Waals surface area contributed by atoms with Gasteiger partial charge in [0, 0.05) is 26.2 Å². The molecule has 0 amide bonds. The molecule has 1 N–H and O–H groups in total. The third-order valence-corrected chi connectivity index (χ3v) is 5.14. The summed E-state index contributed by atoms with van der Waals surface area (Å²) >= 11 is 0. The van der Waals surface area contributed by atoms with Gasteiger partial charge in [0.05, 0.1) is 13.0 Å². The van der Waals surface area contributed by atoms with Crippen LogP contribution in [-0.2, 0) is 16.1 Å². The number of rotatable bonds is 12. The average molecular weight is 403 g/mol. The molecule has 160 valence electrons. The largest absolute Gasteiger partial charge is 0.491 e. The number of carbonyl (C=O) groups excluding carboxylic acids is 1. The normalized spacial score (nSPS) is 16.4. The quantitative estimate of drug-likeness (QED) is 0.428. The van der Waals surface area contributed by atoms with Crippen molar-refractivity contribution >= 4 is 5.97 Å². The Morgan fingerprint density at radius 3 is 2.41 bits per heavy atom. The Bertz CT molecular complexity index is 629. The number of likely N-dealkylation sites (tertiary alicyclic amines) is 1. The van der Waals surface area contributed by atoms with Gasteiger partial charge in [0.2, 0.25) is 0 Å². The number of nitrogens with zero attached hydrogens (tertiary/aromatic N) is 2. The second-order valence-corrected chi connectivity index (χ2v) is 7.48. The number of aliphatic hydroxyl groups excluding tert-OH is 1. The number of carbonyl (C=O) groups is 1. The minimum absolute atomic E-state index is 0.0166. The molecule has 1 aromatic carbocycles. The third kappa shape index (κ3) is 8.01. The number of piperidine rings is 1. The fourth-order valence-corrected chi connectivity index (χ4v) is 3.58. The van der Waals surface area contributed by atoms with Gasteiger partial charge in [0.1, 0.15) is 18.5 Å². The summed E-state index contributed by atoms with van der Waals surface area (Å²) in [7, 11) is 1.43. The molecule has 1 saturated heterocycles. The number of hydrogen-bond donors (Lipinski definition) is 1. The summed E-state index contributed by atoms with van der Waals surface area (Å²) in [4.78, 5) is 16.0. The Balaban J connectivity index is 1.72. The van der Waals surface area contributed by atoms with E-state index in [1.165, 1.54) is 12.7 Å². The van der Waals surface area contributed by atoms with Gasteiger partial charge in [-0.2, -0.15) is 0 Å². The van der Waals surface area contributed by atoms with Crippen LogP contribution in [0.2, 0.25) is 0 Å². The lowest BCUT2D eigenvalue weighted by Gasteiger charge is -2.31. The first-order chi connectivity index (χ1) is 14.0. The summed E-state index contributed by atoms with van der Waals surface area (Å²) < 4.78 is 10.6. The molecule has 1 aliphatic rings. The summed E-state index contributed by atoms with van der Waals surface area (Å²) in [6.07, 6.45) is 4.76. The van der Waals surface area contributed by atoms with E-state index in [1.54, 1.807) is 0 Å². The van der Waals surface area contributed by atoms with Crippen LogP contribution in [0.5, 0.6) is 5.75 Å². The summed E-state index contributed by atoms with van der Waals surface area (Å²) in [6, 6.07) is 7.95. The van der Waals surface area contributed by atoms with Crippen LogP contribution in [0.25, 0.3) is 0 Å². The van der Waals surface area contributed by atoms with Crippen molar-refractivity contribution in [3.05, 3.63) is 55.1 Å². The van der Waals surface area contributed by atoms with E-state index in [0.29, 0.717) is 6.54 Å². The van der Waals surface area contributed by atoms with E-state index >= 15 is 0 Å². The molecule has 6 heteroatoms. The first-order valence-electron chi connectivity index (χ1n) is 10.2. The van der Waals surface area contributed by atoms with Gasteiger partial charge in [0.25, 0.3) is 0 Å². The van der Waals surface area contributed by atoms with Crippen LogP contribution in [0.15, 0.2) is 49.6 Å². The van der Waals surface area contributed by atoms with E-state index in [0.717, 1.165) is 51.3 Å². The van der Waals surface area contributed by atoms with Crippen molar-refractivity contribution in [2.75, 3.05) is 46.4 Å². The highest BCUT2D eigenvalue weighted by atomic mass is 16.5. The van der Waals surface area contributed by atoms with Gasteiger partial charge in [-0.25, -0.2) is 0 Å². The zero-order chi connectivity index (χ0) is 21.1. The minimum Gasteiger partial charge on any atom is -0.491 e. The molecule has 1 atom stereocenters. The van der Waals surface area contributed by atoms with E-state index in [2.05, 4.69) is 23.0 Å². The van der Waals surface area contributed by atoms with Crippen LogP contribution in [-0.4, -0.2) is 73.4 Å². The Morgan fingerprint density at radius 2 is 1.86 bits per heavy atom. The summed E-state index contributed by atoms with van der Waals surface area (Å²) in [5, 5.41) is 10.3. The molecule has 1 fully saturated rings. The van der Waals surface area contributed by atoms with Crippen molar-refractivity contribution in [3.8, 4) is 5.75 Å². The molecule has 29 heavy (non-hydrogen) atoms. The van der Waals surface area contributed by atoms with Crippen LogP contribution >= 0.6 is 0 Å². The Morgan fingerprint density at radius 1 is 1.24 bits per heavy atom. The molecular weight excluding hydrogens is 368 g/mol. The predicted molar refractivity (Wildman–Crippen MR) is 115 cm³/mol. The Hall–Kier alpha value is -2.15. The molecule has 1 aliphatic heterocycles. The van der Waals surface area contributed by atoms with Crippen molar-refractivity contribution in [1.82, 2.24) is 9.80 Å². The molecule has 0 bridgehead atoms. The number of esters is 1. The predicted octanol–water partition coefficient (Wildman–Crippen LogP) is 2.49. The van der Waals surface area contributed by atoms with Crippen molar-refractivity contribution in [1.29, 1.82) is 0 Å².